The van der Waals surface area contributed by atoms with Crippen LogP contribution in [0.5, 0.6) is 0 Å². The van der Waals surface area contributed by atoms with E-state index in [2.05, 4.69) is 20.5 Å². The Balaban J connectivity index is 1.47. The first kappa shape index (κ1) is 27.7. The van der Waals surface area contributed by atoms with Gasteiger partial charge in [0.1, 0.15) is 18.2 Å². The molecule has 3 N–H and O–H groups in total. The van der Waals surface area contributed by atoms with Crippen LogP contribution in [-0.4, -0.2) is 69.2 Å². The van der Waals surface area contributed by atoms with E-state index < -0.39 is 53.7 Å². The van der Waals surface area contributed by atoms with E-state index in [9.17, 15) is 19.5 Å². The standard InChI is InChI=1S/C27H32FN5O4S/c1-14(2)21(32-26(37)27(29-5)10-11-27)25(36)33-12-19(34)20(28)22(33)24(35)31-15(3)17-6-8-18(9-7-17)23-16(4)30-13-38-23/h6-9,13-15,19-22,34H,10-12H2,1-4H3,(H,31,35)(H,32,37)/t15-,19-,20-,21-,22-/m0/s1. The molecule has 38 heavy (non-hydrogen) atoms. The molecule has 3 amide bonds. The van der Waals surface area contributed by atoms with Crippen molar-refractivity contribution in [2.24, 2.45) is 5.92 Å². The molecule has 5 atom stereocenters. The van der Waals surface area contributed by atoms with Gasteiger partial charge in [0.15, 0.2) is 6.17 Å². The van der Waals surface area contributed by atoms with Crippen molar-refractivity contribution < 1.29 is 23.9 Å². The van der Waals surface area contributed by atoms with Gasteiger partial charge in [0, 0.05) is 12.8 Å². The molecule has 1 aromatic heterocycles. The van der Waals surface area contributed by atoms with Gasteiger partial charge in [-0.1, -0.05) is 38.1 Å². The Labute approximate surface area is 225 Å². The van der Waals surface area contributed by atoms with Crippen molar-refractivity contribution in [3.05, 3.63) is 52.5 Å². The molecular formula is C27H32FN5O4S. The number of hydrogen-bond donors (Lipinski definition) is 3. The van der Waals surface area contributed by atoms with Crippen molar-refractivity contribution in [1.29, 1.82) is 0 Å². The van der Waals surface area contributed by atoms with E-state index >= 15 is 4.39 Å². The number of aliphatic hydroxyl groups is 1. The summed E-state index contributed by atoms with van der Waals surface area (Å²) in [6.07, 6.45) is -2.67. The van der Waals surface area contributed by atoms with Gasteiger partial charge in [-0.2, -0.15) is 0 Å². The van der Waals surface area contributed by atoms with Gasteiger partial charge < -0.3 is 20.6 Å². The van der Waals surface area contributed by atoms with Crippen LogP contribution in [0.1, 0.15) is 50.9 Å². The number of likely N-dealkylation sites (tertiary alicyclic amines) is 1. The fraction of sp³-hybridized carbons (Fsp3) is 0.519. The highest BCUT2D eigenvalue weighted by molar-refractivity contribution is 7.13. The van der Waals surface area contributed by atoms with Crippen LogP contribution in [0.15, 0.2) is 29.8 Å². The number of halogens is 1. The fourth-order valence-corrected chi connectivity index (χ4v) is 5.48. The number of nitrogens with zero attached hydrogens (tertiary/aromatic N) is 3. The summed E-state index contributed by atoms with van der Waals surface area (Å²) >= 11 is 1.54. The Morgan fingerprint density at radius 3 is 2.39 bits per heavy atom. The summed E-state index contributed by atoms with van der Waals surface area (Å²) in [6, 6.07) is 4.49. The van der Waals surface area contributed by atoms with Gasteiger partial charge in [0.05, 0.1) is 28.7 Å². The van der Waals surface area contributed by atoms with Crippen LogP contribution in [0, 0.1) is 19.4 Å². The smallest absolute Gasteiger partial charge is 0.309 e. The highest BCUT2D eigenvalue weighted by Gasteiger charge is 2.59. The summed E-state index contributed by atoms with van der Waals surface area (Å²) in [5.74, 6) is -2.31. The van der Waals surface area contributed by atoms with Gasteiger partial charge in [0.25, 0.3) is 0 Å². The summed E-state index contributed by atoms with van der Waals surface area (Å²) < 4.78 is 15.1. The lowest BCUT2D eigenvalue weighted by Crippen LogP contribution is -2.57. The Bertz CT molecular complexity index is 1250. The number of benzene rings is 1. The predicted molar refractivity (Wildman–Crippen MR) is 141 cm³/mol. The largest absolute Gasteiger partial charge is 0.388 e. The molecule has 2 heterocycles. The minimum Gasteiger partial charge on any atom is -0.388 e. The third-order valence-corrected chi connectivity index (χ3v) is 8.27. The summed E-state index contributed by atoms with van der Waals surface area (Å²) in [5.41, 5.74) is 3.35. The molecule has 0 bridgehead atoms. The number of aliphatic hydroxyl groups excluding tert-OH is 1. The maximum atomic E-state index is 15.1. The molecule has 2 fully saturated rings. The third kappa shape index (κ3) is 5.28. The zero-order valence-corrected chi connectivity index (χ0v) is 22.6. The average Bonchev–Trinajstić information content (AvgIpc) is 3.49. The van der Waals surface area contributed by atoms with E-state index in [-0.39, 0.29) is 12.5 Å². The minimum atomic E-state index is -1.98. The van der Waals surface area contributed by atoms with E-state index in [1.165, 1.54) is 11.3 Å². The quantitative estimate of drug-likeness (QED) is 0.445. The normalized spacial score (nSPS) is 23.4. The Hall–Kier alpha value is -3.36. The summed E-state index contributed by atoms with van der Waals surface area (Å²) in [5, 5.41) is 15.6. The third-order valence-electron chi connectivity index (χ3n) is 7.30. The van der Waals surface area contributed by atoms with E-state index in [4.69, 9.17) is 6.57 Å². The van der Waals surface area contributed by atoms with Crippen LogP contribution in [0.2, 0.25) is 0 Å². The highest BCUT2D eigenvalue weighted by atomic mass is 32.1. The van der Waals surface area contributed by atoms with Gasteiger partial charge in [0.2, 0.25) is 11.8 Å². The first-order chi connectivity index (χ1) is 18.0. The van der Waals surface area contributed by atoms with E-state index in [0.29, 0.717) is 12.8 Å². The second-order valence-electron chi connectivity index (χ2n) is 10.4. The van der Waals surface area contributed by atoms with E-state index in [0.717, 1.165) is 26.6 Å². The number of rotatable bonds is 8. The highest BCUT2D eigenvalue weighted by Crippen LogP contribution is 2.40. The van der Waals surface area contributed by atoms with E-state index in [1.807, 2.05) is 31.2 Å². The van der Waals surface area contributed by atoms with E-state index in [1.54, 1.807) is 26.3 Å². The van der Waals surface area contributed by atoms with Crippen LogP contribution < -0.4 is 10.6 Å². The van der Waals surface area contributed by atoms with Crippen molar-refractivity contribution in [2.75, 3.05) is 6.54 Å². The van der Waals surface area contributed by atoms with Crippen LogP contribution in [0.4, 0.5) is 4.39 Å². The van der Waals surface area contributed by atoms with Gasteiger partial charge >= 0.3 is 11.4 Å². The first-order valence-corrected chi connectivity index (χ1v) is 13.5. The van der Waals surface area contributed by atoms with Gasteiger partial charge in [-0.15, -0.1) is 11.3 Å². The zero-order valence-electron chi connectivity index (χ0n) is 21.8. The van der Waals surface area contributed by atoms with Crippen molar-refractivity contribution in [3.8, 4) is 10.4 Å². The van der Waals surface area contributed by atoms with Crippen LogP contribution in [-0.2, 0) is 14.4 Å². The second kappa shape index (κ2) is 10.8. The number of carbonyl (C=O) groups is 3. The number of carbonyl (C=O) groups excluding carboxylic acids is 3. The topological polar surface area (TPSA) is 116 Å². The van der Waals surface area contributed by atoms with Crippen LogP contribution in [0.3, 0.4) is 0 Å². The lowest BCUT2D eigenvalue weighted by molar-refractivity contribution is -0.143. The molecule has 1 saturated carbocycles. The minimum absolute atomic E-state index is 0.373. The number of aromatic nitrogens is 1. The molecule has 1 aliphatic heterocycles. The molecule has 0 radical (unpaired) electrons. The summed E-state index contributed by atoms with van der Waals surface area (Å²) in [7, 11) is 0. The molecular weight excluding hydrogens is 509 g/mol. The molecule has 1 aromatic carbocycles. The summed E-state index contributed by atoms with van der Waals surface area (Å²) in [4.78, 5) is 49.1. The van der Waals surface area contributed by atoms with Crippen molar-refractivity contribution in [1.82, 2.24) is 20.5 Å². The average molecular weight is 542 g/mol. The monoisotopic (exact) mass is 541 g/mol. The van der Waals surface area contributed by atoms with Gasteiger partial charge in [-0.05, 0) is 30.9 Å². The summed E-state index contributed by atoms with van der Waals surface area (Å²) in [6.45, 7) is 14.0. The number of alkyl halides is 1. The SMILES string of the molecule is [C-]#[N+]C1(C(=O)N[C@H](C(=O)N2C[C@H](O)[C@H](F)[C@H]2C(=O)N[C@@H](C)c2ccc(-c3scnc3C)cc2)C(C)C)CC1. The first-order valence-electron chi connectivity index (χ1n) is 12.6. The maximum Gasteiger partial charge on any atom is 0.309 e. The Kier molecular flexibility index (Phi) is 7.85. The predicted octanol–water partition coefficient (Wildman–Crippen LogP) is 2.80. The lowest BCUT2D eigenvalue weighted by Gasteiger charge is -2.31. The Morgan fingerprint density at radius 2 is 1.87 bits per heavy atom. The van der Waals surface area contributed by atoms with Crippen LogP contribution in [0.25, 0.3) is 15.3 Å². The van der Waals surface area contributed by atoms with Crippen molar-refractivity contribution >= 4 is 29.1 Å². The molecule has 1 aliphatic carbocycles. The molecule has 0 spiro atoms. The van der Waals surface area contributed by atoms with Gasteiger partial charge in [-0.3, -0.25) is 19.2 Å². The number of β-amino-alcohol motifs (C(OH)–C–C–N with tert-alkyl or cyclic N) is 1. The lowest BCUT2D eigenvalue weighted by atomic mass is 10.0. The molecule has 1 saturated heterocycles. The molecule has 2 aliphatic rings. The Morgan fingerprint density at radius 1 is 1.21 bits per heavy atom. The molecule has 2 aromatic rings. The molecule has 11 heteroatoms. The molecule has 9 nitrogen and oxygen atoms in total. The number of nitrogens with one attached hydrogen (secondary N) is 2. The van der Waals surface area contributed by atoms with Crippen molar-refractivity contribution in [3.63, 3.8) is 0 Å². The van der Waals surface area contributed by atoms with Crippen molar-refractivity contribution in [2.45, 2.75) is 76.5 Å². The fourth-order valence-electron chi connectivity index (χ4n) is 4.67. The molecule has 202 valence electrons. The number of amides is 3. The number of hydrogen-bond acceptors (Lipinski definition) is 6. The number of aryl methyl sites for hydroxylation is 1. The molecule has 0 unspecified atom stereocenters. The zero-order chi connectivity index (χ0) is 27.8. The maximum absolute atomic E-state index is 15.1. The number of thiazole rings is 1. The second-order valence-corrected chi connectivity index (χ2v) is 11.3. The van der Waals surface area contributed by atoms with Crippen LogP contribution >= 0.6 is 11.3 Å². The van der Waals surface area contributed by atoms with Gasteiger partial charge in [-0.25, -0.2) is 15.9 Å². The molecule has 4 rings (SSSR count).